The Morgan fingerprint density at radius 1 is 0.524 bits per heavy atom. The number of rotatable bonds is 19. The zero-order valence-corrected chi connectivity index (χ0v) is 24.1. The lowest BCUT2D eigenvalue weighted by atomic mass is 10.00. The number of benzene rings is 4. The monoisotopic (exact) mass is 568 g/mol. The number of carbonyl (C=O) groups excluding carboxylic acids is 1. The van der Waals surface area contributed by atoms with Crippen molar-refractivity contribution in [3.05, 3.63) is 144 Å². The van der Waals surface area contributed by atoms with E-state index in [0.29, 0.717) is 26.4 Å². The van der Waals surface area contributed by atoms with E-state index in [4.69, 9.17) is 23.7 Å². The molecule has 220 valence electrons. The average Bonchev–Trinajstić information content (AvgIpc) is 3.05. The van der Waals surface area contributed by atoms with Gasteiger partial charge in [-0.25, -0.2) is 0 Å². The van der Waals surface area contributed by atoms with Crippen molar-refractivity contribution in [2.24, 2.45) is 0 Å². The molecular weight excluding hydrogens is 528 g/mol. The number of carbonyl (C=O) groups is 1. The summed E-state index contributed by atoms with van der Waals surface area (Å²) < 4.78 is 31.7. The predicted molar refractivity (Wildman–Crippen MR) is 163 cm³/mol. The van der Waals surface area contributed by atoms with Gasteiger partial charge in [0, 0.05) is 13.5 Å². The molecule has 0 bridgehead atoms. The molecule has 6 heteroatoms. The Balaban J connectivity index is 1.59. The Bertz CT molecular complexity index is 1250. The van der Waals surface area contributed by atoms with E-state index in [1.54, 1.807) is 7.11 Å². The molecule has 4 rings (SSSR count). The van der Waals surface area contributed by atoms with E-state index in [2.05, 4.69) is 0 Å². The standard InChI is InChI=1S/C36H40O6/c1-38-34(28-39-24-29-14-6-2-7-15-29)36(42-27-32-20-12-5-13-21-32)35(41-26-31-18-10-4-11-19-31)33(22-23-37)40-25-30-16-8-3-9-17-30/h2-21,23,33-36H,22,24-28H2,1H3/t33-,34+,35-,36+/m0/s1. The molecular formula is C36H40O6. The third-order valence-corrected chi connectivity index (χ3v) is 6.96. The van der Waals surface area contributed by atoms with Crippen LogP contribution in [0.2, 0.25) is 0 Å². The molecule has 0 aliphatic rings. The van der Waals surface area contributed by atoms with Crippen LogP contribution in [-0.2, 0) is 54.9 Å². The van der Waals surface area contributed by atoms with Crippen LogP contribution in [0, 0.1) is 0 Å². The molecule has 0 aliphatic heterocycles. The highest BCUT2D eigenvalue weighted by Gasteiger charge is 2.38. The van der Waals surface area contributed by atoms with Gasteiger partial charge in [-0.15, -0.1) is 0 Å². The predicted octanol–water partition coefficient (Wildman–Crippen LogP) is 6.56. The molecule has 0 aliphatic carbocycles. The normalized spacial score (nSPS) is 14.1. The quantitative estimate of drug-likeness (QED) is 0.119. The second-order valence-corrected chi connectivity index (χ2v) is 10.0. The van der Waals surface area contributed by atoms with Crippen LogP contribution in [0.25, 0.3) is 0 Å². The molecule has 42 heavy (non-hydrogen) atoms. The fourth-order valence-electron chi connectivity index (χ4n) is 4.69. The summed E-state index contributed by atoms with van der Waals surface area (Å²) in [6.07, 6.45) is -1.30. The molecule has 4 aromatic rings. The lowest BCUT2D eigenvalue weighted by Crippen LogP contribution is -2.50. The van der Waals surface area contributed by atoms with Crippen molar-refractivity contribution in [3.63, 3.8) is 0 Å². The first-order valence-corrected chi connectivity index (χ1v) is 14.3. The molecule has 0 amide bonds. The van der Waals surface area contributed by atoms with Crippen molar-refractivity contribution in [3.8, 4) is 0 Å². The number of methoxy groups -OCH3 is 1. The molecule has 0 N–H and O–H groups in total. The van der Waals surface area contributed by atoms with Gasteiger partial charge in [0.05, 0.1) is 39.1 Å². The molecule has 4 aromatic carbocycles. The van der Waals surface area contributed by atoms with Crippen LogP contribution in [0.4, 0.5) is 0 Å². The molecule has 0 unspecified atom stereocenters. The first kappa shape index (κ1) is 31.3. The smallest absolute Gasteiger partial charge is 0.122 e. The molecule has 6 nitrogen and oxygen atoms in total. The third-order valence-electron chi connectivity index (χ3n) is 6.96. The molecule has 0 aromatic heterocycles. The minimum Gasteiger partial charge on any atom is -0.376 e. The van der Waals surface area contributed by atoms with Crippen LogP contribution < -0.4 is 0 Å². The van der Waals surface area contributed by atoms with E-state index < -0.39 is 24.4 Å². The highest BCUT2D eigenvalue weighted by atomic mass is 16.6. The summed E-state index contributed by atoms with van der Waals surface area (Å²) in [6, 6.07) is 39.8. The van der Waals surface area contributed by atoms with Crippen LogP contribution in [0.1, 0.15) is 28.7 Å². The van der Waals surface area contributed by atoms with Crippen LogP contribution in [0.15, 0.2) is 121 Å². The maximum Gasteiger partial charge on any atom is 0.122 e. The number of hydrogen-bond donors (Lipinski definition) is 0. The lowest BCUT2D eigenvalue weighted by molar-refractivity contribution is -0.193. The highest BCUT2D eigenvalue weighted by molar-refractivity contribution is 5.50. The van der Waals surface area contributed by atoms with Gasteiger partial charge < -0.3 is 28.5 Å². The van der Waals surface area contributed by atoms with Crippen molar-refractivity contribution >= 4 is 6.29 Å². The van der Waals surface area contributed by atoms with Gasteiger partial charge in [-0.3, -0.25) is 0 Å². The Kier molecular flexibility index (Phi) is 13.4. The van der Waals surface area contributed by atoms with E-state index in [1.165, 1.54) is 0 Å². The third kappa shape index (κ3) is 10.3. The highest BCUT2D eigenvalue weighted by Crippen LogP contribution is 2.24. The zero-order valence-electron chi connectivity index (χ0n) is 24.1. The summed E-state index contributed by atoms with van der Waals surface area (Å²) in [6.45, 7) is 1.69. The van der Waals surface area contributed by atoms with Gasteiger partial charge in [0.25, 0.3) is 0 Å². The Morgan fingerprint density at radius 2 is 0.905 bits per heavy atom. The van der Waals surface area contributed by atoms with Crippen LogP contribution >= 0.6 is 0 Å². The Labute approximate surface area is 249 Å². The molecule has 0 radical (unpaired) electrons. The minimum absolute atomic E-state index is 0.138. The van der Waals surface area contributed by atoms with E-state index in [9.17, 15) is 4.79 Å². The van der Waals surface area contributed by atoms with E-state index >= 15 is 0 Å². The first-order valence-electron chi connectivity index (χ1n) is 14.3. The van der Waals surface area contributed by atoms with Gasteiger partial charge in [0.1, 0.15) is 24.6 Å². The van der Waals surface area contributed by atoms with Crippen molar-refractivity contribution in [2.45, 2.75) is 57.3 Å². The number of hydrogen-bond acceptors (Lipinski definition) is 6. The fourth-order valence-corrected chi connectivity index (χ4v) is 4.69. The molecule has 0 fully saturated rings. The summed E-state index contributed by atoms with van der Waals surface area (Å²) >= 11 is 0. The van der Waals surface area contributed by atoms with E-state index in [0.717, 1.165) is 28.5 Å². The van der Waals surface area contributed by atoms with Crippen LogP contribution in [-0.4, -0.2) is 44.4 Å². The molecule has 0 saturated heterocycles. The van der Waals surface area contributed by atoms with Gasteiger partial charge in [0.15, 0.2) is 0 Å². The summed E-state index contributed by atoms with van der Waals surface area (Å²) in [7, 11) is 1.64. The van der Waals surface area contributed by atoms with Crippen LogP contribution in [0.3, 0.4) is 0 Å². The van der Waals surface area contributed by atoms with Gasteiger partial charge >= 0.3 is 0 Å². The Morgan fingerprint density at radius 3 is 1.31 bits per heavy atom. The molecule has 4 atom stereocenters. The molecule has 0 spiro atoms. The summed E-state index contributed by atoms with van der Waals surface area (Å²) in [5.74, 6) is 0. The summed E-state index contributed by atoms with van der Waals surface area (Å²) in [5, 5.41) is 0. The van der Waals surface area contributed by atoms with E-state index in [1.807, 2.05) is 121 Å². The second kappa shape index (κ2) is 18.0. The van der Waals surface area contributed by atoms with Crippen LogP contribution in [0.5, 0.6) is 0 Å². The number of aldehydes is 1. The van der Waals surface area contributed by atoms with E-state index in [-0.39, 0.29) is 13.0 Å². The maximum atomic E-state index is 11.9. The Hall–Kier alpha value is -3.65. The van der Waals surface area contributed by atoms with Gasteiger partial charge in [-0.05, 0) is 22.3 Å². The lowest BCUT2D eigenvalue weighted by Gasteiger charge is -2.36. The maximum absolute atomic E-state index is 11.9. The van der Waals surface area contributed by atoms with Crippen molar-refractivity contribution in [1.29, 1.82) is 0 Å². The largest absolute Gasteiger partial charge is 0.376 e. The van der Waals surface area contributed by atoms with Gasteiger partial charge in [-0.1, -0.05) is 121 Å². The topological polar surface area (TPSA) is 63.2 Å². The first-order chi connectivity index (χ1) is 20.8. The fraction of sp³-hybridized carbons (Fsp3) is 0.306. The molecule has 0 saturated carbocycles. The SMILES string of the molecule is CO[C@H](COCc1ccccc1)[C@@H](OCc1ccccc1)[C@@H](OCc1ccccc1)[C@H](CC=O)OCc1ccccc1. The minimum atomic E-state index is -0.631. The van der Waals surface area contributed by atoms with Crippen molar-refractivity contribution in [1.82, 2.24) is 0 Å². The molecule has 0 heterocycles. The zero-order chi connectivity index (χ0) is 29.2. The van der Waals surface area contributed by atoms with Crippen molar-refractivity contribution < 1.29 is 28.5 Å². The number of ether oxygens (including phenoxy) is 5. The summed E-state index contributed by atoms with van der Waals surface area (Å²) in [5.41, 5.74) is 4.09. The van der Waals surface area contributed by atoms with Gasteiger partial charge in [0.2, 0.25) is 0 Å². The van der Waals surface area contributed by atoms with Gasteiger partial charge in [-0.2, -0.15) is 0 Å². The average molecular weight is 569 g/mol. The second-order valence-electron chi connectivity index (χ2n) is 10.0. The van der Waals surface area contributed by atoms with Crippen molar-refractivity contribution in [2.75, 3.05) is 13.7 Å². The summed E-state index contributed by atoms with van der Waals surface area (Å²) in [4.78, 5) is 11.9.